The fraction of sp³-hybridized carbons (Fsp3) is 0.600. The average Bonchev–Trinajstić information content (AvgIpc) is 2.96. The molecule has 122 valence electrons. The lowest BCUT2D eigenvalue weighted by atomic mass is 10.1. The molecule has 0 radical (unpaired) electrons. The van der Waals surface area contributed by atoms with Gasteiger partial charge < -0.3 is 14.2 Å². The zero-order valence-electron chi connectivity index (χ0n) is 12.5. The minimum atomic E-state index is -0.930. The lowest BCUT2D eigenvalue weighted by Crippen LogP contribution is -2.20. The highest BCUT2D eigenvalue weighted by molar-refractivity contribution is 5.93. The van der Waals surface area contributed by atoms with Crippen molar-refractivity contribution in [2.75, 3.05) is 13.2 Å². The van der Waals surface area contributed by atoms with Gasteiger partial charge in [0.15, 0.2) is 6.61 Å². The molecular formula is C15H20O7. The second kappa shape index (κ2) is 9.70. The molecule has 0 N–H and O–H groups in total. The van der Waals surface area contributed by atoms with E-state index in [1.54, 1.807) is 6.92 Å². The van der Waals surface area contributed by atoms with E-state index in [9.17, 15) is 19.2 Å². The van der Waals surface area contributed by atoms with Crippen molar-refractivity contribution in [2.45, 2.75) is 39.0 Å². The van der Waals surface area contributed by atoms with Crippen LogP contribution in [0.4, 0.5) is 0 Å². The Morgan fingerprint density at radius 3 is 2.14 bits per heavy atom. The van der Waals surface area contributed by atoms with Gasteiger partial charge in [-0.3, -0.25) is 4.79 Å². The molecule has 7 heteroatoms. The Morgan fingerprint density at radius 2 is 1.55 bits per heavy atom. The highest BCUT2D eigenvalue weighted by Gasteiger charge is 2.21. The van der Waals surface area contributed by atoms with Crippen molar-refractivity contribution in [3.05, 3.63) is 12.2 Å². The van der Waals surface area contributed by atoms with Crippen molar-refractivity contribution in [1.29, 1.82) is 0 Å². The van der Waals surface area contributed by atoms with Crippen LogP contribution in [0.2, 0.25) is 0 Å². The predicted octanol–water partition coefficient (Wildman–Crippen LogP) is 1.30. The van der Waals surface area contributed by atoms with Crippen LogP contribution in [0.5, 0.6) is 0 Å². The van der Waals surface area contributed by atoms with Crippen molar-refractivity contribution in [1.82, 2.24) is 0 Å². The van der Waals surface area contributed by atoms with Gasteiger partial charge in [0.1, 0.15) is 0 Å². The number of hydrogen-bond acceptors (Lipinski definition) is 7. The number of esters is 4. The van der Waals surface area contributed by atoms with E-state index in [1.165, 1.54) is 0 Å². The first kappa shape index (κ1) is 17.9. The van der Waals surface area contributed by atoms with Crippen LogP contribution < -0.4 is 0 Å². The van der Waals surface area contributed by atoms with Gasteiger partial charge in [0, 0.05) is 18.6 Å². The largest absolute Gasteiger partial charge is 0.463 e. The molecule has 0 aliphatic heterocycles. The Bertz CT molecular complexity index is 447. The monoisotopic (exact) mass is 312 g/mol. The second-order valence-electron chi connectivity index (χ2n) is 4.89. The van der Waals surface area contributed by atoms with Gasteiger partial charge in [-0.1, -0.05) is 12.8 Å². The first-order valence-corrected chi connectivity index (χ1v) is 7.26. The summed E-state index contributed by atoms with van der Waals surface area (Å²) in [5, 5.41) is 0. The molecule has 1 aliphatic carbocycles. The van der Waals surface area contributed by atoms with Crippen LogP contribution >= 0.6 is 0 Å². The van der Waals surface area contributed by atoms with Crippen LogP contribution in [0, 0.1) is 5.92 Å². The fourth-order valence-electron chi connectivity index (χ4n) is 2.15. The molecule has 7 nitrogen and oxygen atoms in total. The average molecular weight is 312 g/mol. The van der Waals surface area contributed by atoms with Crippen molar-refractivity contribution >= 4 is 23.9 Å². The topological polar surface area (TPSA) is 96.0 Å². The number of ether oxygens (including phenoxy) is 3. The molecule has 0 aromatic rings. The van der Waals surface area contributed by atoms with Gasteiger partial charge in [0.25, 0.3) is 0 Å². The second-order valence-corrected chi connectivity index (χ2v) is 4.89. The van der Waals surface area contributed by atoms with E-state index >= 15 is 0 Å². The number of carbonyl (C=O) groups excluding carboxylic acids is 4. The molecule has 0 unspecified atom stereocenters. The van der Waals surface area contributed by atoms with Crippen molar-refractivity contribution in [3.63, 3.8) is 0 Å². The molecule has 1 aliphatic rings. The number of rotatable bonds is 7. The molecule has 0 spiro atoms. The molecule has 0 heterocycles. The molecule has 0 aromatic carbocycles. The van der Waals surface area contributed by atoms with Crippen LogP contribution in [0.25, 0.3) is 0 Å². The molecule has 22 heavy (non-hydrogen) atoms. The zero-order valence-corrected chi connectivity index (χ0v) is 12.5. The Balaban J connectivity index is 2.20. The smallest absolute Gasteiger partial charge is 0.351 e. The summed E-state index contributed by atoms with van der Waals surface area (Å²) in [6.45, 7) is 1.14. The van der Waals surface area contributed by atoms with E-state index in [4.69, 9.17) is 0 Å². The number of hydrogen-bond donors (Lipinski definition) is 0. The molecule has 1 saturated carbocycles. The zero-order chi connectivity index (χ0) is 16.4. The van der Waals surface area contributed by atoms with E-state index in [0.717, 1.165) is 37.8 Å². The van der Waals surface area contributed by atoms with E-state index in [1.807, 2.05) is 0 Å². The SMILES string of the molecule is CCOC(=O)/C=C\C(=O)OCC(=O)OC(=O)CC1CCCC1. The van der Waals surface area contributed by atoms with Crippen molar-refractivity contribution < 1.29 is 33.4 Å². The van der Waals surface area contributed by atoms with E-state index in [0.29, 0.717) is 0 Å². The van der Waals surface area contributed by atoms with E-state index in [-0.39, 0.29) is 18.9 Å². The van der Waals surface area contributed by atoms with Crippen LogP contribution in [0.15, 0.2) is 12.2 Å². The summed E-state index contributed by atoms with van der Waals surface area (Å²) in [5.74, 6) is -2.84. The van der Waals surface area contributed by atoms with Gasteiger partial charge in [-0.15, -0.1) is 0 Å². The van der Waals surface area contributed by atoms with Crippen LogP contribution in [0.3, 0.4) is 0 Å². The Labute approximate surface area is 128 Å². The predicted molar refractivity (Wildman–Crippen MR) is 74.4 cm³/mol. The summed E-state index contributed by atoms with van der Waals surface area (Å²) in [5.41, 5.74) is 0. The number of carbonyl (C=O) groups is 4. The Kier molecular flexibility index (Phi) is 7.88. The minimum absolute atomic E-state index is 0.188. The molecule has 0 bridgehead atoms. The van der Waals surface area contributed by atoms with Gasteiger partial charge in [-0.2, -0.15) is 0 Å². The summed E-state index contributed by atoms with van der Waals surface area (Å²) in [7, 11) is 0. The fourth-order valence-corrected chi connectivity index (χ4v) is 2.15. The first-order chi connectivity index (χ1) is 10.5. The summed E-state index contributed by atoms with van der Waals surface area (Å²) in [6.07, 6.45) is 6.07. The maximum absolute atomic E-state index is 11.5. The molecule has 0 saturated heterocycles. The molecule has 0 aromatic heterocycles. The van der Waals surface area contributed by atoms with Gasteiger partial charge in [0.2, 0.25) is 0 Å². The van der Waals surface area contributed by atoms with Crippen LogP contribution in [0.1, 0.15) is 39.0 Å². The van der Waals surface area contributed by atoms with Crippen molar-refractivity contribution in [2.24, 2.45) is 5.92 Å². The molecule has 1 rings (SSSR count). The lowest BCUT2D eigenvalue weighted by molar-refractivity contribution is -0.166. The molecule has 1 fully saturated rings. The van der Waals surface area contributed by atoms with Gasteiger partial charge in [-0.25, -0.2) is 14.4 Å². The first-order valence-electron chi connectivity index (χ1n) is 7.26. The van der Waals surface area contributed by atoms with Crippen LogP contribution in [-0.4, -0.2) is 37.1 Å². The van der Waals surface area contributed by atoms with E-state index in [2.05, 4.69) is 14.2 Å². The third kappa shape index (κ3) is 7.56. The molecule has 0 atom stereocenters. The normalized spacial score (nSPS) is 14.8. The Morgan fingerprint density at radius 1 is 0.955 bits per heavy atom. The third-order valence-electron chi connectivity index (χ3n) is 3.13. The van der Waals surface area contributed by atoms with Crippen LogP contribution in [-0.2, 0) is 33.4 Å². The van der Waals surface area contributed by atoms with E-state index < -0.39 is 30.5 Å². The maximum atomic E-state index is 11.5. The quantitative estimate of drug-likeness (QED) is 0.302. The minimum Gasteiger partial charge on any atom is -0.463 e. The maximum Gasteiger partial charge on any atom is 0.351 e. The summed E-state index contributed by atoms with van der Waals surface area (Å²) in [6, 6.07) is 0. The van der Waals surface area contributed by atoms with Gasteiger partial charge in [0.05, 0.1) is 6.61 Å². The van der Waals surface area contributed by atoms with Gasteiger partial charge >= 0.3 is 23.9 Å². The summed E-state index contributed by atoms with van der Waals surface area (Å²) in [4.78, 5) is 45.0. The Hall–Kier alpha value is -2.18. The lowest BCUT2D eigenvalue weighted by Gasteiger charge is -2.07. The third-order valence-corrected chi connectivity index (χ3v) is 3.13. The summed E-state index contributed by atoms with van der Waals surface area (Å²) >= 11 is 0. The standard InChI is InChI=1S/C15H20O7/c1-2-20-12(16)7-8-13(17)21-10-15(19)22-14(18)9-11-5-3-4-6-11/h7-8,11H,2-6,9-10H2,1H3/b8-7-. The van der Waals surface area contributed by atoms with Gasteiger partial charge in [-0.05, 0) is 25.7 Å². The summed E-state index contributed by atoms with van der Waals surface area (Å²) < 4.78 is 13.7. The highest BCUT2D eigenvalue weighted by atomic mass is 16.6. The van der Waals surface area contributed by atoms with Crippen molar-refractivity contribution in [3.8, 4) is 0 Å². The molecule has 0 amide bonds. The molecular weight excluding hydrogens is 292 g/mol. The highest BCUT2D eigenvalue weighted by Crippen LogP contribution is 2.27.